The van der Waals surface area contributed by atoms with Crippen molar-refractivity contribution in [3.63, 3.8) is 0 Å². The Morgan fingerprint density at radius 3 is 2.09 bits per heavy atom. The van der Waals surface area contributed by atoms with Gasteiger partial charge in [0.25, 0.3) is 5.91 Å². The summed E-state index contributed by atoms with van der Waals surface area (Å²) in [5.41, 5.74) is 5.75. The van der Waals surface area contributed by atoms with Gasteiger partial charge in [-0.15, -0.1) is 0 Å². The van der Waals surface area contributed by atoms with E-state index in [-0.39, 0.29) is 5.91 Å². The van der Waals surface area contributed by atoms with Crippen LogP contribution in [0.1, 0.15) is 32.3 Å². The lowest BCUT2D eigenvalue weighted by molar-refractivity contribution is -0.133. The Morgan fingerprint density at radius 1 is 0.812 bits per heavy atom. The molecule has 168 valence electrons. The van der Waals surface area contributed by atoms with Gasteiger partial charge in [0.15, 0.2) is 6.10 Å². The van der Waals surface area contributed by atoms with Crippen molar-refractivity contribution in [1.29, 1.82) is 0 Å². The fraction of sp³-hybridized carbons (Fsp3) is 0.280. The smallest absolute Gasteiger partial charge is 0.279 e. The van der Waals surface area contributed by atoms with Crippen LogP contribution in [0.3, 0.4) is 0 Å². The van der Waals surface area contributed by atoms with Gasteiger partial charge in [0.2, 0.25) is 5.91 Å². The summed E-state index contributed by atoms with van der Waals surface area (Å²) < 4.78 is 16.3. The molecule has 7 nitrogen and oxygen atoms in total. The fourth-order valence-electron chi connectivity index (χ4n) is 3.16. The van der Waals surface area contributed by atoms with E-state index < -0.39 is 17.9 Å². The van der Waals surface area contributed by atoms with Crippen molar-refractivity contribution in [3.05, 3.63) is 66.2 Å². The van der Waals surface area contributed by atoms with Crippen LogP contribution in [0.5, 0.6) is 17.2 Å². The van der Waals surface area contributed by atoms with Crippen molar-refractivity contribution in [3.8, 4) is 17.2 Å². The maximum absolute atomic E-state index is 12.6. The molecule has 0 aliphatic rings. The van der Waals surface area contributed by atoms with Crippen molar-refractivity contribution < 1.29 is 23.8 Å². The molecule has 0 fully saturated rings. The molecule has 2 N–H and O–H groups in total. The van der Waals surface area contributed by atoms with Crippen LogP contribution in [0.2, 0.25) is 0 Å². The van der Waals surface area contributed by atoms with Gasteiger partial charge in [-0.05, 0) is 73.5 Å². The van der Waals surface area contributed by atoms with Crippen molar-refractivity contribution in [1.82, 2.24) is 10.9 Å². The number of hydrogen-bond donors (Lipinski definition) is 2. The molecule has 3 rings (SSSR count). The van der Waals surface area contributed by atoms with Gasteiger partial charge in [-0.3, -0.25) is 20.4 Å². The van der Waals surface area contributed by atoms with Crippen LogP contribution in [0.25, 0.3) is 10.8 Å². The molecule has 0 radical (unpaired) electrons. The maximum atomic E-state index is 12.6. The molecule has 2 atom stereocenters. The normalized spacial score (nSPS) is 12.5. The molecule has 7 heteroatoms. The number of benzene rings is 3. The van der Waals surface area contributed by atoms with Gasteiger partial charge >= 0.3 is 0 Å². The lowest BCUT2D eigenvalue weighted by atomic mass is 9.97. The van der Waals surface area contributed by atoms with E-state index in [9.17, 15) is 9.59 Å². The highest BCUT2D eigenvalue weighted by Gasteiger charge is 2.19. The predicted octanol–water partition coefficient (Wildman–Crippen LogP) is 3.97. The van der Waals surface area contributed by atoms with Crippen LogP contribution in [0.4, 0.5) is 0 Å². The number of nitrogens with one attached hydrogen (secondary N) is 2. The Hall–Kier alpha value is -3.74. The van der Waals surface area contributed by atoms with Gasteiger partial charge in [-0.2, -0.15) is 0 Å². The third-order valence-corrected chi connectivity index (χ3v) is 5.09. The molecule has 0 saturated carbocycles. The second kappa shape index (κ2) is 10.5. The monoisotopic (exact) mass is 436 g/mol. The van der Waals surface area contributed by atoms with E-state index in [0.717, 1.165) is 27.8 Å². The van der Waals surface area contributed by atoms with Crippen molar-refractivity contribution in [2.75, 3.05) is 13.7 Å². The SMILES string of the molecule is CCOc1ccc(OC(C)C(=O)NNC(=O)C(C)c2ccc3cc(OC)ccc3c2)cc1. The zero-order valence-electron chi connectivity index (χ0n) is 18.7. The summed E-state index contributed by atoms with van der Waals surface area (Å²) in [7, 11) is 1.63. The molecule has 2 amide bonds. The number of methoxy groups -OCH3 is 1. The highest BCUT2D eigenvalue weighted by atomic mass is 16.5. The third kappa shape index (κ3) is 5.69. The largest absolute Gasteiger partial charge is 0.497 e. The molecule has 0 spiro atoms. The number of hydrogen-bond acceptors (Lipinski definition) is 5. The summed E-state index contributed by atoms with van der Waals surface area (Å²) in [5.74, 6) is 0.809. The van der Waals surface area contributed by atoms with Gasteiger partial charge < -0.3 is 14.2 Å². The summed E-state index contributed by atoms with van der Waals surface area (Å²) in [6.07, 6.45) is -0.792. The van der Waals surface area contributed by atoms with Crippen LogP contribution < -0.4 is 25.1 Å². The zero-order valence-corrected chi connectivity index (χ0v) is 18.7. The number of fused-ring (bicyclic) bond motifs is 1. The summed E-state index contributed by atoms with van der Waals surface area (Å²) in [6, 6.07) is 18.6. The van der Waals surface area contributed by atoms with E-state index in [1.807, 2.05) is 43.3 Å². The van der Waals surface area contributed by atoms with E-state index in [1.165, 1.54) is 0 Å². The Bertz CT molecular complexity index is 1080. The van der Waals surface area contributed by atoms with Crippen LogP contribution in [-0.4, -0.2) is 31.6 Å². The predicted molar refractivity (Wildman–Crippen MR) is 123 cm³/mol. The first-order chi connectivity index (χ1) is 15.4. The number of hydrazine groups is 1. The highest BCUT2D eigenvalue weighted by Crippen LogP contribution is 2.25. The number of ether oxygens (including phenoxy) is 3. The van der Waals surface area contributed by atoms with E-state index >= 15 is 0 Å². The van der Waals surface area contributed by atoms with E-state index in [2.05, 4.69) is 10.9 Å². The molecule has 0 aromatic heterocycles. The lowest BCUT2D eigenvalue weighted by Gasteiger charge is -2.17. The molecule has 0 heterocycles. The minimum atomic E-state index is -0.792. The van der Waals surface area contributed by atoms with Crippen molar-refractivity contribution in [2.24, 2.45) is 0 Å². The van der Waals surface area contributed by atoms with Gasteiger partial charge in [-0.25, -0.2) is 0 Å². The molecule has 0 saturated heterocycles. The first-order valence-corrected chi connectivity index (χ1v) is 10.5. The summed E-state index contributed by atoms with van der Waals surface area (Å²) >= 11 is 0. The molecule has 2 unspecified atom stereocenters. The van der Waals surface area contributed by atoms with Crippen LogP contribution >= 0.6 is 0 Å². The quantitative estimate of drug-likeness (QED) is 0.522. The fourth-order valence-corrected chi connectivity index (χ4v) is 3.16. The second-order valence-electron chi connectivity index (χ2n) is 7.34. The van der Waals surface area contributed by atoms with Gasteiger partial charge in [0.05, 0.1) is 19.6 Å². The van der Waals surface area contributed by atoms with Crippen LogP contribution in [-0.2, 0) is 9.59 Å². The van der Waals surface area contributed by atoms with Gasteiger partial charge in [0, 0.05) is 0 Å². The summed E-state index contributed by atoms with van der Waals surface area (Å²) in [4.78, 5) is 24.9. The van der Waals surface area contributed by atoms with Crippen LogP contribution in [0.15, 0.2) is 60.7 Å². The lowest BCUT2D eigenvalue weighted by Crippen LogP contribution is -2.48. The second-order valence-corrected chi connectivity index (χ2v) is 7.34. The Labute approximate surface area is 187 Å². The molecule has 3 aromatic rings. The van der Waals surface area contributed by atoms with E-state index in [0.29, 0.717) is 12.4 Å². The molecule has 32 heavy (non-hydrogen) atoms. The molecular formula is C25H28N2O5. The average molecular weight is 437 g/mol. The van der Waals surface area contributed by atoms with E-state index in [4.69, 9.17) is 14.2 Å². The summed E-state index contributed by atoms with van der Waals surface area (Å²) in [5, 5.41) is 2.03. The molecule has 0 aliphatic carbocycles. The van der Waals surface area contributed by atoms with Crippen molar-refractivity contribution >= 4 is 22.6 Å². The number of rotatable bonds is 8. The summed E-state index contributed by atoms with van der Waals surface area (Å²) in [6.45, 7) is 5.87. The number of carbonyl (C=O) groups is 2. The minimum Gasteiger partial charge on any atom is -0.497 e. The highest BCUT2D eigenvalue weighted by molar-refractivity contribution is 5.90. The van der Waals surface area contributed by atoms with Crippen molar-refractivity contribution in [2.45, 2.75) is 32.8 Å². The minimum absolute atomic E-state index is 0.320. The molecule has 3 aromatic carbocycles. The van der Waals surface area contributed by atoms with E-state index in [1.54, 1.807) is 45.2 Å². The van der Waals surface area contributed by atoms with Gasteiger partial charge in [-0.1, -0.05) is 24.3 Å². The molecule has 0 aliphatic heterocycles. The first-order valence-electron chi connectivity index (χ1n) is 10.5. The Kier molecular flexibility index (Phi) is 7.54. The molecular weight excluding hydrogens is 408 g/mol. The standard InChI is InChI=1S/C25H28N2O5/c1-5-31-21-10-12-22(13-11-21)32-17(3)25(29)27-26-24(28)16(2)18-6-7-20-15-23(30-4)9-8-19(20)14-18/h6-17H,5H2,1-4H3,(H,26,28)(H,27,29). The zero-order chi connectivity index (χ0) is 23.1. The Morgan fingerprint density at radius 2 is 1.41 bits per heavy atom. The first kappa shape index (κ1) is 22.9. The topological polar surface area (TPSA) is 85.9 Å². The third-order valence-electron chi connectivity index (χ3n) is 5.09. The van der Waals surface area contributed by atoms with Gasteiger partial charge in [0.1, 0.15) is 17.2 Å². The number of carbonyl (C=O) groups excluding carboxylic acids is 2. The number of amides is 2. The maximum Gasteiger partial charge on any atom is 0.279 e. The van der Waals surface area contributed by atoms with Crippen LogP contribution in [0, 0.1) is 0 Å². The Balaban J connectivity index is 1.54. The average Bonchev–Trinajstić information content (AvgIpc) is 2.82. The molecule has 0 bridgehead atoms.